The number of hydrogen-bond donors (Lipinski definition) is 1. The monoisotopic (exact) mass is 268 g/mol. The number of nitrogens with zero attached hydrogens (tertiary/aromatic N) is 1. The number of benzene rings is 2. The van der Waals surface area contributed by atoms with E-state index >= 15 is 0 Å². The first kappa shape index (κ1) is 14.6. The third-order valence-corrected chi connectivity index (χ3v) is 3.72. The van der Waals surface area contributed by atoms with Crippen molar-refractivity contribution in [1.82, 2.24) is 5.32 Å². The lowest BCUT2D eigenvalue weighted by atomic mass is 10.1. The van der Waals surface area contributed by atoms with Crippen LogP contribution in [-0.4, -0.2) is 14.1 Å². The van der Waals surface area contributed by atoms with Crippen molar-refractivity contribution in [2.75, 3.05) is 19.0 Å². The van der Waals surface area contributed by atoms with Gasteiger partial charge in [0.2, 0.25) is 0 Å². The van der Waals surface area contributed by atoms with E-state index in [4.69, 9.17) is 0 Å². The van der Waals surface area contributed by atoms with Crippen molar-refractivity contribution in [2.45, 2.75) is 26.9 Å². The van der Waals surface area contributed by atoms with Crippen LogP contribution in [0.5, 0.6) is 0 Å². The smallest absolute Gasteiger partial charge is 0.0428 e. The van der Waals surface area contributed by atoms with Crippen molar-refractivity contribution < 1.29 is 0 Å². The average Bonchev–Trinajstić information content (AvgIpc) is 2.42. The number of nitrogens with one attached hydrogen (secondary N) is 1. The Labute approximate surface area is 122 Å². The maximum atomic E-state index is 3.19. The van der Waals surface area contributed by atoms with Gasteiger partial charge < -0.3 is 10.2 Å². The Hall–Kier alpha value is -1.80. The van der Waals surface area contributed by atoms with E-state index in [2.05, 4.69) is 73.6 Å². The summed E-state index contributed by atoms with van der Waals surface area (Å²) in [6.45, 7) is 6.22. The van der Waals surface area contributed by atoms with Crippen molar-refractivity contribution in [3.63, 3.8) is 0 Å². The van der Waals surface area contributed by atoms with Crippen LogP contribution in [0.25, 0.3) is 0 Å². The topological polar surface area (TPSA) is 15.3 Å². The molecule has 0 saturated carbocycles. The SMILES string of the molecule is CNCc1ccc(N(C)Cc2ccccc2C)c(C)c1. The molecular weight excluding hydrogens is 244 g/mol. The fourth-order valence-electron chi connectivity index (χ4n) is 2.59. The van der Waals surface area contributed by atoms with E-state index in [9.17, 15) is 0 Å². The molecule has 2 nitrogen and oxygen atoms in total. The highest BCUT2D eigenvalue weighted by Crippen LogP contribution is 2.22. The van der Waals surface area contributed by atoms with Crippen LogP contribution in [0.2, 0.25) is 0 Å². The lowest BCUT2D eigenvalue weighted by molar-refractivity contribution is 0.815. The highest BCUT2D eigenvalue weighted by molar-refractivity contribution is 5.54. The van der Waals surface area contributed by atoms with Crippen LogP contribution in [0.4, 0.5) is 5.69 Å². The maximum Gasteiger partial charge on any atom is 0.0428 e. The molecule has 2 heteroatoms. The molecule has 0 unspecified atom stereocenters. The molecule has 0 spiro atoms. The van der Waals surface area contributed by atoms with Crippen molar-refractivity contribution >= 4 is 5.69 Å². The van der Waals surface area contributed by atoms with Gasteiger partial charge in [-0.2, -0.15) is 0 Å². The zero-order valence-electron chi connectivity index (χ0n) is 12.9. The van der Waals surface area contributed by atoms with Gasteiger partial charge >= 0.3 is 0 Å². The number of anilines is 1. The second-order valence-corrected chi connectivity index (χ2v) is 5.43. The van der Waals surface area contributed by atoms with Crippen molar-refractivity contribution in [2.24, 2.45) is 0 Å². The van der Waals surface area contributed by atoms with Crippen molar-refractivity contribution in [3.8, 4) is 0 Å². The minimum Gasteiger partial charge on any atom is -0.370 e. The van der Waals surface area contributed by atoms with Gasteiger partial charge in [0.25, 0.3) is 0 Å². The first-order chi connectivity index (χ1) is 9.61. The fraction of sp³-hybridized carbons (Fsp3) is 0.333. The summed E-state index contributed by atoms with van der Waals surface area (Å²) in [7, 11) is 4.14. The molecule has 0 aromatic heterocycles. The minimum atomic E-state index is 0.919. The largest absolute Gasteiger partial charge is 0.370 e. The molecule has 2 aromatic rings. The molecule has 0 radical (unpaired) electrons. The molecule has 20 heavy (non-hydrogen) atoms. The van der Waals surface area contributed by atoms with E-state index in [0.29, 0.717) is 0 Å². The Morgan fingerprint density at radius 1 is 1.00 bits per heavy atom. The lowest BCUT2D eigenvalue weighted by Crippen LogP contribution is -2.18. The van der Waals surface area contributed by atoms with Gasteiger partial charge in [-0.3, -0.25) is 0 Å². The van der Waals surface area contributed by atoms with E-state index in [-0.39, 0.29) is 0 Å². The molecule has 0 aliphatic rings. The summed E-state index contributed by atoms with van der Waals surface area (Å²) in [4.78, 5) is 2.32. The number of hydrogen-bond acceptors (Lipinski definition) is 2. The summed E-state index contributed by atoms with van der Waals surface area (Å²) in [6.07, 6.45) is 0. The van der Waals surface area contributed by atoms with Crippen molar-refractivity contribution in [1.29, 1.82) is 0 Å². The summed E-state index contributed by atoms with van der Waals surface area (Å²) in [6, 6.07) is 15.3. The molecule has 0 saturated heterocycles. The molecule has 0 aliphatic heterocycles. The molecular formula is C18H24N2. The summed E-state index contributed by atoms with van der Waals surface area (Å²) in [5, 5.41) is 3.19. The zero-order valence-corrected chi connectivity index (χ0v) is 12.9. The van der Waals surface area contributed by atoms with E-state index < -0.39 is 0 Å². The molecule has 0 bridgehead atoms. The molecule has 106 valence electrons. The van der Waals surface area contributed by atoms with Crippen LogP contribution in [-0.2, 0) is 13.1 Å². The van der Waals surface area contributed by atoms with Gasteiger partial charge in [0, 0.05) is 25.8 Å². The van der Waals surface area contributed by atoms with Crippen LogP contribution in [0.1, 0.15) is 22.3 Å². The van der Waals surface area contributed by atoms with Crippen LogP contribution in [0.3, 0.4) is 0 Å². The van der Waals surface area contributed by atoms with E-state index in [1.165, 1.54) is 27.9 Å². The predicted octanol–water partition coefficient (Wildman–Crippen LogP) is 3.66. The molecule has 0 fully saturated rings. The number of rotatable bonds is 5. The summed E-state index contributed by atoms with van der Waals surface area (Å²) in [5.41, 5.74) is 6.69. The van der Waals surface area contributed by atoms with E-state index in [1.54, 1.807) is 0 Å². The normalized spacial score (nSPS) is 10.6. The van der Waals surface area contributed by atoms with Gasteiger partial charge in [-0.1, -0.05) is 36.4 Å². The minimum absolute atomic E-state index is 0.919. The summed E-state index contributed by atoms with van der Waals surface area (Å²) in [5.74, 6) is 0. The quantitative estimate of drug-likeness (QED) is 0.890. The van der Waals surface area contributed by atoms with Crippen LogP contribution in [0, 0.1) is 13.8 Å². The van der Waals surface area contributed by atoms with Gasteiger partial charge in [-0.15, -0.1) is 0 Å². The van der Waals surface area contributed by atoms with Gasteiger partial charge in [0.05, 0.1) is 0 Å². The maximum absolute atomic E-state index is 3.19. The van der Waals surface area contributed by atoms with E-state index in [0.717, 1.165) is 13.1 Å². The second-order valence-electron chi connectivity index (χ2n) is 5.43. The van der Waals surface area contributed by atoms with Gasteiger partial charge in [-0.05, 0) is 49.2 Å². The first-order valence-electron chi connectivity index (χ1n) is 7.11. The van der Waals surface area contributed by atoms with Gasteiger partial charge in [-0.25, -0.2) is 0 Å². The zero-order chi connectivity index (χ0) is 14.5. The van der Waals surface area contributed by atoms with Gasteiger partial charge in [0.1, 0.15) is 0 Å². The van der Waals surface area contributed by atoms with Crippen LogP contribution < -0.4 is 10.2 Å². The third kappa shape index (κ3) is 3.40. The average molecular weight is 268 g/mol. The van der Waals surface area contributed by atoms with Gasteiger partial charge in [0.15, 0.2) is 0 Å². The number of aryl methyl sites for hydroxylation is 2. The van der Waals surface area contributed by atoms with Crippen LogP contribution in [0.15, 0.2) is 42.5 Å². The molecule has 0 heterocycles. The molecule has 0 atom stereocenters. The third-order valence-electron chi connectivity index (χ3n) is 3.72. The standard InChI is InChI=1S/C18H24N2/c1-14-7-5-6-8-17(14)13-20(4)18-10-9-16(12-19-3)11-15(18)2/h5-11,19H,12-13H2,1-4H3. The summed E-state index contributed by atoms with van der Waals surface area (Å²) < 4.78 is 0. The molecule has 1 N–H and O–H groups in total. The molecule has 2 aromatic carbocycles. The highest BCUT2D eigenvalue weighted by Gasteiger charge is 2.07. The molecule has 2 rings (SSSR count). The highest BCUT2D eigenvalue weighted by atomic mass is 15.1. The molecule has 0 aliphatic carbocycles. The Kier molecular flexibility index (Phi) is 4.80. The van der Waals surface area contributed by atoms with Crippen molar-refractivity contribution in [3.05, 3.63) is 64.7 Å². The second kappa shape index (κ2) is 6.58. The lowest BCUT2D eigenvalue weighted by Gasteiger charge is -2.23. The predicted molar refractivity (Wildman–Crippen MR) is 87.2 cm³/mol. The Morgan fingerprint density at radius 2 is 1.75 bits per heavy atom. The fourth-order valence-corrected chi connectivity index (χ4v) is 2.59. The Morgan fingerprint density at radius 3 is 2.40 bits per heavy atom. The van der Waals surface area contributed by atoms with Crippen LogP contribution >= 0.6 is 0 Å². The first-order valence-corrected chi connectivity index (χ1v) is 7.11. The summed E-state index contributed by atoms with van der Waals surface area (Å²) >= 11 is 0. The van der Waals surface area contributed by atoms with E-state index in [1.807, 2.05) is 7.05 Å². The Balaban J connectivity index is 2.17. The molecule has 0 amide bonds. The Bertz CT molecular complexity index is 575.